The average molecular weight is 689 g/mol. The zero-order valence-corrected chi connectivity index (χ0v) is 30.6. The molecule has 3 atom stereocenters. The number of esters is 1. The fourth-order valence-corrected chi connectivity index (χ4v) is 5.57. The predicted molar refractivity (Wildman–Crippen MR) is 191 cm³/mol. The first kappa shape index (κ1) is 45.7. The van der Waals surface area contributed by atoms with Crippen LogP contribution in [-0.2, 0) is 27.9 Å². The van der Waals surface area contributed by atoms with Gasteiger partial charge in [0.15, 0.2) is 0 Å². The van der Waals surface area contributed by atoms with Gasteiger partial charge in [-0.15, -0.1) is 0 Å². The summed E-state index contributed by atoms with van der Waals surface area (Å²) in [6.07, 6.45) is 33.8. The van der Waals surface area contributed by atoms with Crippen LogP contribution in [0.15, 0.2) is 36.5 Å². The minimum Gasteiger partial charge on any atom is -0.457 e. The number of unbranched alkanes of at least 4 members (excludes halogenated alkanes) is 15. The Hall–Kier alpha value is -1.32. The lowest BCUT2D eigenvalue weighted by molar-refractivity contribution is -0.154. The minimum atomic E-state index is -4.51. The highest BCUT2D eigenvalue weighted by Crippen LogP contribution is 2.43. The average Bonchev–Trinajstić information content (AvgIpc) is 3.06. The largest absolute Gasteiger partial charge is 0.472 e. The van der Waals surface area contributed by atoms with Crippen LogP contribution in [0.25, 0.3) is 0 Å². The molecule has 0 rings (SSSR count). The first-order valence-corrected chi connectivity index (χ1v) is 20.0. The van der Waals surface area contributed by atoms with E-state index in [0.717, 1.165) is 70.6 Å². The quantitative estimate of drug-likeness (QED) is 0.0258. The van der Waals surface area contributed by atoms with E-state index in [0.29, 0.717) is 13.0 Å². The molecule has 0 fully saturated rings. The highest BCUT2D eigenvalue weighted by atomic mass is 31.2. The Morgan fingerprint density at radius 2 is 1.21 bits per heavy atom. The maximum atomic E-state index is 12.5. The number of hydrogen-bond acceptors (Lipinski definition) is 8. The second-order valence-corrected chi connectivity index (χ2v) is 13.7. The molecule has 0 aromatic rings. The van der Waals surface area contributed by atoms with Crippen molar-refractivity contribution in [3.63, 3.8) is 0 Å². The van der Waals surface area contributed by atoms with Gasteiger partial charge in [0, 0.05) is 13.0 Å². The molecule has 0 aromatic heterocycles. The number of phosphoric ester groups is 1. The van der Waals surface area contributed by atoms with Crippen molar-refractivity contribution in [1.82, 2.24) is 0 Å². The van der Waals surface area contributed by atoms with Crippen molar-refractivity contribution in [3.05, 3.63) is 36.5 Å². The van der Waals surface area contributed by atoms with Gasteiger partial charge < -0.3 is 24.6 Å². The molecule has 10 heteroatoms. The molecular formula is C37H69O9P. The number of phosphoric acid groups is 1. The van der Waals surface area contributed by atoms with Gasteiger partial charge in [0.25, 0.3) is 0 Å². The van der Waals surface area contributed by atoms with E-state index in [4.69, 9.17) is 23.6 Å². The fourth-order valence-electron chi connectivity index (χ4n) is 4.78. The molecular weight excluding hydrogens is 619 g/mol. The van der Waals surface area contributed by atoms with Gasteiger partial charge in [0.1, 0.15) is 12.2 Å². The summed E-state index contributed by atoms with van der Waals surface area (Å²) < 4.78 is 33.2. The van der Waals surface area contributed by atoms with Crippen LogP contribution in [0.4, 0.5) is 0 Å². The van der Waals surface area contributed by atoms with Gasteiger partial charge in [-0.1, -0.05) is 134 Å². The van der Waals surface area contributed by atoms with Crippen molar-refractivity contribution in [3.8, 4) is 0 Å². The van der Waals surface area contributed by atoms with Gasteiger partial charge in [-0.25, -0.2) is 4.57 Å². The van der Waals surface area contributed by atoms with E-state index >= 15 is 0 Å². The number of carbonyl (C=O) groups excluding carboxylic acids is 1. The van der Waals surface area contributed by atoms with Gasteiger partial charge in [-0.05, 0) is 44.9 Å². The molecule has 0 amide bonds. The van der Waals surface area contributed by atoms with Crippen molar-refractivity contribution in [1.29, 1.82) is 0 Å². The smallest absolute Gasteiger partial charge is 0.457 e. The molecule has 0 heterocycles. The molecule has 3 unspecified atom stereocenters. The summed E-state index contributed by atoms with van der Waals surface area (Å²) in [6.45, 7) is 3.37. The molecule has 0 bridgehead atoms. The molecule has 0 spiro atoms. The first-order valence-electron chi connectivity index (χ1n) is 18.5. The standard InChI is InChI=1S/C37H69O9P/c1-3-5-7-9-11-13-15-16-17-18-19-21-23-25-27-29-37(40)46-36(34-45-47(41,42)44-32-35(39)31-38)33-43-30-28-26-24-22-20-14-12-10-8-6-4-2/h5,7,11,13,16-17,35-36,38-39H,3-4,6,8-10,12,14-15,18-34H2,1-2H3,(H,41,42)/b7-5-,13-11-,17-16-. The number of ether oxygens (including phenoxy) is 2. The highest BCUT2D eigenvalue weighted by Gasteiger charge is 2.26. The van der Waals surface area contributed by atoms with Gasteiger partial charge in [0.2, 0.25) is 0 Å². The summed E-state index contributed by atoms with van der Waals surface area (Å²) in [5, 5.41) is 18.3. The van der Waals surface area contributed by atoms with E-state index in [1.807, 2.05) is 0 Å². The molecule has 0 aliphatic carbocycles. The number of hydrogen-bond donors (Lipinski definition) is 3. The third kappa shape index (κ3) is 34.3. The summed E-state index contributed by atoms with van der Waals surface area (Å²) in [5.74, 6) is -0.400. The van der Waals surface area contributed by atoms with Crippen LogP contribution in [0.1, 0.15) is 149 Å². The fraction of sp³-hybridized carbons (Fsp3) is 0.811. The maximum absolute atomic E-state index is 12.5. The van der Waals surface area contributed by atoms with Gasteiger partial charge in [-0.3, -0.25) is 13.8 Å². The van der Waals surface area contributed by atoms with E-state index in [2.05, 4.69) is 50.3 Å². The molecule has 0 aromatic carbocycles. The van der Waals surface area contributed by atoms with Crippen LogP contribution < -0.4 is 0 Å². The molecule has 0 aliphatic heterocycles. The van der Waals surface area contributed by atoms with E-state index in [9.17, 15) is 19.4 Å². The van der Waals surface area contributed by atoms with E-state index < -0.39 is 39.2 Å². The minimum absolute atomic E-state index is 0.0436. The summed E-state index contributed by atoms with van der Waals surface area (Å²) in [7, 11) is -4.51. The molecule has 276 valence electrons. The van der Waals surface area contributed by atoms with Crippen molar-refractivity contribution in [2.45, 2.75) is 161 Å². The second-order valence-electron chi connectivity index (χ2n) is 12.2. The SMILES string of the molecule is CC/C=C\C/C=C\C/C=C\CCCCCCCC(=O)OC(COCCCCCCCCCCCCC)COP(=O)(O)OCC(O)CO. The topological polar surface area (TPSA) is 132 Å². The lowest BCUT2D eigenvalue weighted by atomic mass is 10.1. The van der Waals surface area contributed by atoms with Crippen molar-refractivity contribution in [2.24, 2.45) is 0 Å². The molecule has 47 heavy (non-hydrogen) atoms. The van der Waals surface area contributed by atoms with Crippen molar-refractivity contribution in [2.75, 3.05) is 33.0 Å². The first-order chi connectivity index (χ1) is 22.8. The number of rotatable bonds is 35. The molecule has 9 nitrogen and oxygen atoms in total. The summed E-state index contributed by atoms with van der Waals surface area (Å²) in [5.41, 5.74) is 0. The zero-order chi connectivity index (χ0) is 34.7. The summed E-state index contributed by atoms with van der Waals surface area (Å²) in [6, 6.07) is 0. The van der Waals surface area contributed by atoms with Crippen molar-refractivity contribution >= 4 is 13.8 Å². The Labute approximate surface area is 286 Å². The van der Waals surface area contributed by atoms with Crippen LogP contribution in [0.3, 0.4) is 0 Å². The third-order valence-corrected chi connectivity index (χ3v) is 8.54. The number of aliphatic hydroxyl groups is 2. The van der Waals surface area contributed by atoms with E-state index in [1.54, 1.807) is 0 Å². The van der Waals surface area contributed by atoms with E-state index in [-0.39, 0.29) is 19.6 Å². The molecule has 3 N–H and O–H groups in total. The summed E-state index contributed by atoms with van der Waals surface area (Å²) >= 11 is 0. The third-order valence-electron chi connectivity index (χ3n) is 7.59. The van der Waals surface area contributed by atoms with Crippen LogP contribution in [0.2, 0.25) is 0 Å². The van der Waals surface area contributed by atoms with Gasteiger partial charge in [-0.2, -0.15) is 0 Å². The molecule has 0 saturated carbocycles. The Kier molecular flexibility index (Phi) is 33.6. The molecule has 0 radical (unpaired) electrons. The predicted octanol–water partition coefficient (Wildman–Crippen LogP) is 9.30. The molecule has 0 saturated heterocycles. The number of carbonyl (C=O) groups is 1. The second kappa shape index (κ2) is 34.5. The lowest BCUT2D eigenvalue weighted by Crippen LogP contribution is -2.29. The Balaban J connectivity index is 4.28. The summed E-state index contributed by atoms with van der Waals surface area (Å²) in [4.78, 5) is 22.4. The number of aliphatic hydroxyl groups excluding tert-OH is 2. The van der Waals surface area contributed by atoms with Crippen LogP contribution >= 0.6 is 7.82 Å². The van der Waals surface area contributed by atoms with Crippen LogP contribution in [-0.4, -0.2) is 66.3 Å². The molecule has 0 aliphatic rings. The Bertz CT molecular complexity index is 831. The monoisotopic (exact) mass is 688 g/mol. The maximum Gasteiger partial charge on any atom is 0.472 e. The van der Waals surface area contributed by atoms with Crippen molar-refractivity contribution < 1.29 is 43.0 Å². The lowest BCUT2D eigenvalue weighted by Gasteiger charge is -2.20. The van der Waals surface area contributed by atoms with Crippen LogP contribution in [0, 0.1) is 0 Å². The number of allylic oxidation sites excluding steroid dienone is 6. The zero-order valence-electron chi connectivity index (χ0n) is 29.7. The van der Waals surface area contributed by atoms with Gasteiger partial charge in [0.05, 0.1) is 26.4 Å². The van der Waals surface area contributed by atoms with E-state index in [1.165, 1.54) is 51.4 Å². The Morgan fingerprint density at radius 3 is 1.83 bits per heavy atom. The van der Waals surface area contributed by atoms with Crippen LogP contribution in [0.5, 0.6) is 0 Å². The normalized spacial score (nSPS) is 14.7. The van der Waals surface area contributed by atoms with Gasteiger partial charge >= 0.3 is 13.8 Å². The highest BCUT2D eigenvalue weighted by molar-refractivity contribution is 7.47. The Morgan fingerprint density at radius 1 is 0.681 bits per heavy atom.